The van der Waals surface area contributed by atoms with E-state index in [1.54, 1.807) is 30.3 Å². The number of aromatic amines is 1. The number of hydrogen-bond acceptors (Lipinski definition) is 2. The van der Waals surface area contributed by atoms with Crippen LogP contribution in [0.2, 0.25) is 0 Å². The summed E-state index contributed by atoms with van der Waals surface area (Å²) in [4.78, 5) is 25.3. The first kappa shape index (κ1) is 11.1. The summed E-state index contributed by atoms with van der Waals surface area (Å²) >= 11 is 0. The number of carbonyl (C=O) groups excluding carboxylic acids is 1. The van der Waals surface area contributed by atoms with Crippen molar-refractivity contribution >= 4 is 11.8 Å². The Hall–Kier alpha value is -2.36. The number of H-pyrrole nitrogens is 1. The number of nitrogens with one attached hydrogen (secondary N) is 1. The van der Waals surface area contributed by atoms with Crippen LogP contribution in [0.1, 0.15) is 21.6 Å². The van der Waals surface area contributed by atoms with Gasteiger partial charge in [-0.3, -0.25) is 9.59 Å². The van der Waals surface area contributed by atoms with Crippen LogP contribution in [0.4, 0.5) is 0 Å². The first-order valence-electron chi connectivity index (χ1n) is 5.15. The third kappa shape index (κ3) is 2.60. The number of aromatic nitrogens is 1. The molecule has 0 fully saturated rings. The molecule has 0 saturated heterocycles. The molecule has 0 radical (unpaired) electrons. The van der Waals surface area contributed by atoms with Crippen molar-refractivity contribution in [1.82, 2.24) is 4.98 Å². The maximum absolute atomic E-state index is 12.0. The zero-order valence-electron chi connectivity index (χ0n) is 9.01. The van der Waals surface area contributed by atoms with Gasteiger partial charge in [0.25, 0.3) is 0 Å². The summed E-state index contributed by atoms with van der Waals surface area (Å²) in [5.74, 6) is -1.04. The van der Waals surface area contributed by atoms with Gasteiger partial charge in [0.1, 0.15) is 0 Å². The van der Waals surface area contributed by atoms with Crippen LogP contribution in [-0.2, 0) is 11.2 Å². The molecule has 1 aromatic carbocycles. The fourth-order valence-electron chi connectivity index (χ4n) is 1.59. The molecule has 4 heteroatoms. The lowest BCUT2D eigenvalue weighted by Gasteiger charge is -1.96. The highest BCUT2D eigenvalue weighted by atomic mass is 16.4. The van der Waals surface area contributed by atoms with Crippen LogP contribution >= 0.6 is 0 Å². The van der Waals surface area contributed by atoms with Crippen molar-refractivity contribution in [3.63, 3.8) is 0 Å². The van der Waals surface area contributed by atoms with Crippen molar-refractivity contribution in [3.8, 4) is 0 Å². The summed E-state index contributed by atoms with van der Waals surface area (Å²) in [7, 11) is 0. The Bertz CT molecular complexity index is 543. The molecule has 0 amide bonds. The second kappa shape index (κ2) is 4.65. The third-order valence-electron chi connectivity index (χ3n) is 2.38. The lowest BCUT2D eigenvalue weighted by atomic mass is 10.1. The molecule has 17 heavy (non-hydrogen) atoms. The van der Waals surface area contributed by atoms with Crippen LogP contribution in [0.3, 0.4) is 0 Å². The minimum atomic E-state index is -0.925. The topological polar surface area (TPSA) is 70.2 Å². The summed E-state index contributed by atoms with van der Waals surface area (Å²) < 4.78 is 0. The molecular formula is C13H11NO3. The zero-order valence-corrected chi connectivity index (χ0v) is 9.01. The van der Waals surface area contributed by atoms with Crippen LogP contribution in [-0.4, -0.2) is 21.8 Å². The Kier molecular flexibility index (Phi) is 3.05. The fraction of sp³-hybridized carbons (Fsp3) is 0.0769. The SMILES string of the molecule is O=C(O)Cc1cc(C(=O)c2ccccc2)c[nH]1. The molecule has 0 aliphatic rings. The van der Waals surface area contributed by atoms with Gasteiger partial charge in [-0.05, 0) is 6.07 Å². The van der Waals surface area contributed by atoms with E-state index in [0.29, 0.717) is 16.8 Å². The van der Waals surface area contributed by atoms with Gasteiger partial charge in [0.15, 0.2) is 5.78 Å². The molecular weight excluding hydrogens is 218 g/mol. The summed E-state index contributed by atoms with van der Waals surface area (Å²) in [5, 5.41) is 8.63. The first-order chi connectivity index (χ1) is 8.16. The largest absolute Gasteiger partial charge is 0.481 e. The Labute approximate surface area is 97.9 Å². The van der Waals surface area contributed by atoms with Crippen LogP contribution in [0.15, 0.2) is 42.6 Å². The quantitative estimate of drug-likeness (QED) is 0.786. The molecule has 86 valence electrons. The number of hydrogen-bond donors (Lipinski definition) is 2. The predicted molar refractivity (Wildman–Crippen MR) is 62.0 cm³/mol. The number of rotatable bonds is 4. The normalized spacial score (nSPS) is 10.1. The maximum Gasteiger partial charge on any atom is 0.309 e. The molecule has 2 aromatic rings. The number of aliphatic carboxylic acids is 1. The van der Waals surface area contributed by atoms with Crippen LogP contribution in [0.5, 0.6) is 0 Å². The zero-order chi connectivity index (χ0) is 12.3. The standard InChI is InChI=1S/C13H11NO3/c15-12(16)7-11-6-10(8-14-11)13(17)9-4-2-1-3-5-9/h1-6,8,14H,7H2,(H,15,16). The highest BCUT2D eigenvalue weighted by Gasteiger charge is 2.11. The second-order valence-corrected chi connectivity index (χ2v) is 3.68. The van der Waals surface area contributed by atoms with Crippen molar-refractivity contribution in [2.45, 2.75) is 6.42 Å². The van der Waals surface area contributed by atoms with Crippen molar-refractivity contribution in [1.29, 1.82) is 0 Å². The number of carboxylic acids is 1. The first-order valence-corrected chi connectivity index (χ1v) is 5.15. The molecule has 0 unspecified atom stereocenters. The molecule has 0 atom stereocenters. The minimum absolute atomic E-state index is 0.109. The number of ketones is 1. The molecule has 0 saturated carbocycles. The highest BCUT2D eigenvalue weighted by molar-refractivity contribution is 6.09. The molecule has 0 aliphatic carbocycles. The van der Waals surface area contributed by atoms with Gasteiger partial charge in [-0.1, -0.05) is 30.3 Å². The monoisotopic (exact) mass is 229 g/mol. The van der Waals surface area contributed by atoms with E-state index in [2.05, 4.69) is 4.98 Å². The van der Waals surface area contributed by atoms with Gasteiger partial charge in [-0.15, -0.1) is 0 Å². The van der Waals surface area contributed by atoms with Gasteiger partial charge in [0.2, 0.25) is 0 Å². The van der Waals surface area contributed by atoms with Gasteiger partial charge < -0.3 is 10.1 Å². The summed E-state index contributed by atoms with van der Waals surface area (Å²) in [6.45, 7) is 0. The van der Waals surface area contributed by atoms with Crippen molar-refractivity contribution in [2.24, 2.45) is 0 Å². The lowest BCUT2D eigenvalue weighted by molar-refractivity contribution is -0.136. The number of benzene rings is 1. The maximum atomic E-state index is 12.0. The van der Waals surface area contributed by atoms with Crippen molar-refractivity contribution < 1.29 is 14.7 Å². The summed E-state index contributed by atoms with van der Waals surface area (Å²) in [6.07, 6.45) is 1.43. The molecule has 1 aromatic heterocycles. The molecule has 2 rings (SSSR count). The van der Waals surface area contributed by atoms with Gasteiger partial charge >= 0.3 is 5.97 Å². The molecule has 1 heterocycles. The van der Waals surface area contributed by atoms with Crippen LogP contribution < -0.4 is 0 Å². The number of carboxylic acid groups (broad SMARTS) is 1. The average Bonchev–Trinajstić information content (AvgIpc) is 2.77. The molecule has 0 bridgehead atoms. The summed E-state index contributed by atoms with van der Waals surface area (Å²) in [6, 6.07) is 10.4. The molecule has 2 N–H and O–H groups in total. The third-order valence-corrected chi connectivity index (χ3v) is 2.38. The van der Waals surface area contributed by atoms with Crippen LogP contribution in [0, 0.1) is 0 Å². The van der Waals surface area contributed by atoms with E-state index >= 15 is 0 Å². The van der Waals surface area contributed by atoms with Gasteiger partial charge in [0.05, 0.1) is 6.42 Å². The van der Waals surface area contributed by atoms with E-state index in [9.17, 15) is 9.59 Å². The average molecular weight is 229 g/mol. The predicted octanol–water partition coefficient (Wildman–Crippen LogP) is 1.87. The molecule has 0 aliphatic heterocycles. The van der Waals surface area contributed by atoms with Crippen molar-refractivity contribution in [3.05, 3.63) is 59.4 Å². The van der Waals surface area contributed by atoms with E-state index in [-0.39, 0.29) is 12.2 Å². The summed E-state index contributed by atoms with van der Waals surface area (Å²) in [5.41, 5.74) is 1.60. The fourth-order valence-corrected chi connectivity index (χ4v) is 1.59. The van der Waals surface area contributed by atoms with Crippen LogP contribution in [0.25, 0.3) is 0 Å². The lowest BCUT2D eigenvalue weighted by Crippen LogP contribution is -2.00. The molecule has 4 nitrogen and oxygen atoms in total. The van der Waals surface area contributed by atoms with Gasteiger partial charge in [0, 0.05) is 23.0 Å². The Morgan fingerprint density at radius 3 is 2.47 bits per heavy atom. The Balaban J connectivity index is 2.21. The minimum Gasteiger partial charge on any atom is -0.481 e. The van der Waals surface area contributed by atoms with E-state index in [1.807, 2.05) is 6.07 Å². The van der Waals surface area contributed by atoms with Gasteiger partial charge in [-0.2, -0.15) is 0 Å². The smallest absolute Gasteiger partial charge is 0.309 e. The van der Waals surface area contributed by atoms with Crippen molar-refractivity contribution in [2.75, 3.05) is 0 Å². The van der Waals surface area contributed by atoms with Gasteiger partial charge in [-0.25, -0.2) is 0 Å². The van der Waals surface area contributed by atoms with E-state index < -0.39 is 5.97 Å². The number of carbonyl (C=O) groups is 2. The molecule has 0 spiro atoms. The van der Waals surface area contributed by atoms with E-state index in [0.717, 1.165) is 0 Å². The van der Waals surface area contributed by atoms with E-state index in [4.69, 9.17) is 5.11 Å². The van der Waals surface area contributed by atoms with E-state index in [1.165, 1.54) is 6.20 Å². The second-order valence-electron chi connectivity index (χ2n) is 3.68. The Morgan fingerprint density at radius 2 is 1.82 bits per heavy atom. The highest BCUT2D eigenvalue weighted by Crippen LogP contribution is 2.11. The Morgan fingerprint density at radius 1 is 1.12 bits per heavy atom.